The minimum atomic E-state index is -1.29. The van der Waals surface area contributed by atoms with Crippen molar-refractivity contribution in [2.75, 3.05) is 6.54 Å². The predicted molar refractivity (Wildman–Crippen MR) is 95.2 cm³/mol. The zero-order valence-corrected chi connectivity index (χ0v) is 15.8. The van der Waals surface area contributed by atoms with Gasteiger partial charge in [-0.2, -0.15) is 0 Å². The van der Waals surface area contributed by atoms with Gasteiger partial charge in [0.15, 0.2) is 0 Å². The molecule has 0 aliphatic carbocycles. The molecule has 136 valence electrons. The number of benzene rings is 1. The highest BCUT2D eigenvalue weighted by Crippen LogP contribution is 2.40. The van der Waals surface area contributed by atoms with Crippen LogP contribution in [0, 0.1) is 0 Å². The second-order valence-electron chi connectivity index (χ2n) is 8.41. The molecule has 0 radical (unpaired) electrons. The maximum absolute atomic E-state index is 11.0. The Morgan fingerprint density at radius 3 is 2.04 bits per heavy atom. The van der Waals surface area contributed by atoms with E-state index >= 15 is 0 Å². The number of hydrogen-bond acceptors (Lipinski definition) is 4. The molecule has 0 heterocycles. The van der Waals surface area contributed by atoms with Crippen LogP contribution in [0.2, 0.25) is 0 Å². The summed E-state index contributed by atoms with van der Waals surface area (Å²) < 4.78 is 0. The quantitative estimate of drug-likeness (QED) is 0.679. The number of aliphatic hydroxyl groups is 2. The lowest BCUT2D eigenvalue weighted by Crippen LogP contribution is -2.34. The number of aliphatic hydroxyl groups excluding tert-OH is 2. The van der Waals surface area contributed by atoms with Gasteiger partial charge in [0.2, 0.25) is 5.91 Å². The van der Waals surface area contributed by atoms with E-state index in [0.29, 0.717) is 0 Å². The van der Waals surface area contributed by atoms with Crippen molar-refractivity contribution in [2.24, 2.45) is 0 Å². The summed E-state index contributed by atoms with van der Waals surface area (Å²) in [4.78, 5) is 11.0. The van der Waals surface area contributed by atoms with Crippen molar-refractivity contribution in [3.8, 4) is 5.75 Å². The number of rotatable bonds is 4. The Morgan fingerprint density at radius 1 is 1.08 bits per heavy atom. The Labute approximate surface area is 144 Å². The van der Waals surface area contributed by atoms with Crippen LogP contribution in [0.1, 0.15) is 71.3 Å². The van der Waals surface area contributed by atoms with Crippen molar-refractivity contribution < 1.29 is 20.1 Å². The maximum atomic E-state index is 11.0. The molecular formula is C19H31NO4. The van der Waals surface area contributed by atoms with Gasteiger partial charge in [-0.15, -0.1) is 0 Å². The first-order valence-electron chi connectivity index (χ1n) is 8.23. The highest BCUT2D eigenvalue weighted by molar-refractivity contribution is 5.72. The minimum Gasteiger partial charge on any atom is -0.507 e. The Balaban J connectivity index is 3.38. The fourth-order valence-corrected chi connectivity index (χ4v) is 2.45. The van der Waals surface area contributed by atoms with Gasteiger partial charge in [0.1, 0.15) is 18.0 Å². The van der Waals surface area contributed by atoms with Gasteiger partial charge in [0.25, 0.3) is 0 Å². The molecule has 0 spiro atoms. The molecule has 0 saturated heterocycles. The molecule has 0 aliphatic rings. The van der Waals surface area contributed by atoms with Crippen LogP contribution in [0.3, 0.4) is 0 Å². The van der Waals surface area contributed by atoms with Gasteiger partial charge in [0, 0.05) is 19.0 Å². The van der Waals surface area contributed by atoms with Crippen molar-refractivity contribution in [3.63, 3.8) is 0 Å². The van der Waals surface area contributed by atoms with E-state index in [1.165, 1.54) is 6.92 Å². The van der Waals surface area contributed by atoms with Gasteiger partial charge < -0.3 is 20.6 Å². The molecule has 1 rings (SSSR count). The summed E-state index contributed by atoms with van der Waals surface area (Å²) >= 11 is 0. The van der Waals surface area contributed by atoms with Gasteiger partial charge in [-0.3, -0.25) is 4.79 Å². The maximum Gasteiger partial charge on any atom is 0.216 e. The van der Waals surface area contributed by atoms with Crippen LogP contribution < -0.4 is 5.32 Å². The number of phenols is 1. The molecule has 0 aromatic heterocycles. The topological polar surface area (TPSA) is 89.8 Å². The summed E-state index contributed by atoms with van der Waals surface area (Å²) in [6, 6.07) is 3.68. The smallest absolute Gasteiger partial charge is 0.216 e. The fourth-order valence-electron chi connectivity index (χ4n) is 2.45. The van der Waals surface area contributed by atoms with E-state index in [4.69, 9.17) is 0 Å². The van der Waals surface area contributed by atoms with Crippen LogP contribution in [-0.4, -0.2) is 33.9 Å². The van der Waals surface area contributed by atoms with Crippen molar-refractivity contribution in [1.82, 2.24) is 5.32 Å². The highest BCUT2D eigenvalue weighted by atomic mass is 16.3. The summed E-state index contributed by atoms with van der Waals surface area (Å²) in [7, 11) is 0. The molecule has 24 heavy (non-hydrogen) atoms. The van der Waals surface area contributed by atoms with Crippen LogP contribution in [0.15, 0.2) is 12.1 Å². The van der Waals surface area contributed by atoms with Crippen molar-refractivity contribution in [1.29, 1.82) is 0 Å². The van der Waals surface area contributed by atoms with Crippen molar-refractivity contribution in [3.05, 3.63) is 28.8 Å². The molecule has 4 N–H and O–H groups in total. The molecule has 0 aliphatic heterocycles. The molecule has 2 atom stereocenters. The molecule has 1 aromatic carbocycles. The minimum absolute atomic E-state index is 0.00937. The monoisotopic (exact) mass is 337 g/mol. The second kappa shape index (κ2) is 7.11. The van der Waals surface area contributed by atoms with Crippen LogP contribution >= 0.6 is 0 Å². The molecule has 0 saturated carbocycles. The lowest BCUT2D eigenvalue weighted by atomic mass is 9.78. The number of carbonyl (C=O) groups is 1. The first-order valence-corrected chi connectivity index (χ1v) is 8.23. The summed E-state index contributed by atoms with van der Waals surface area (Å²) in [5, 5.41) is 33.8. The number of nitrogens with one attached hydrogen (secondary N) is 1. The Kier molecular flexibility index (Phi) is 6.06. The van der Waals surface area contributed by atoms with Crippen LogP contribution in [0.5, 0.6) is 5.75 Å². The standard InChI is InChI=1S/C19H31NO4/c1-11(21)20-10-15(22)17(24)13-8-12(18(2,3)4)9-14(16(13)23)19(5,6)7/h8-9,15,17,22-24H,10H2,1-7H3,(H,20,21). The molecule has 1 aromatic rings. The van der Waals surface area contributed by atoms with Gasteiger partial charge in [-0.05, 0) is 28.0 Å². The third-order valence-electron chi connectivity index (χ3n) is 4.06. The number of phenolic OH excluding ortho intramolecular Hbond substituents is 1. The fraction of sp³-hybridized carbons (Fsp3) is 0.632. The second-order valence-corrected chi connectivity index (χ2v) is 8.41. The van der Waals surface area contributed by atoms with Gasteiger partial charge in [0.05, 0.1) is 0 Å². The average molecular weight is 337 g/mol. The zero-order chi connectivity index (χ0) is 18.9. The Hall–Kier alpha value is -1.59. The molecule has 0 fully saturated rings. The van der Waals surface area contributed by atoms with Crippen LogP contribution in [0.4, 0.5) is 0 Å². The molecule has 5 nitrogen and oxygen atoms in total. The molecule has 5 heteroatoms. The summed E-state index contributed by atoms with van der Waals surface area (Å²) in [5.74, 6) is -0.297. The molecular weight excluding hydrogens is 306 g/mol. The number of hydrogen-bond donors (Lipinski definition) is 4. The average Bonchev–Trinajstić information content (AvgIpc) is 2.41. The van der Waals surface area contributed by atoms with Crippen LogP contribution in [0.25, 0.3) is 0 Å². The third kappa shape index (κ3) is 4.95. The van der Waals surface area contributed by atoms with E-state index in [-0.39, 0.29) is 34.6 Å². The van der Waals surface area contributed by atoms with Crippen LogP contribution in [-0.2, 0) is 15.6 Å². The number of carbonyl (C=O) groups excluding carboxylic acids is 1. The predicted octanol–water partition coefficient (Wildman–Crippen LogP) is 2.52. The van der Waals surface area contributed by atoms with E-state index < -0.39 is 12.2 Å². The number of amides is 1. The van der Waals surface area contributed by atoms with Crippen molar-refractivity contribution >= 4 is 5.91 Å². The van der Waals surface area contributed by atoms with E-state index in [0.717, 1.165) is 11.1 Å². The van der Waals surface area contributed by atoms with Gasteiger partial charge in [-0.1, -0.05) is 47.6 Å². The first kappa shape index (κ1) is 20.5. The molecule has 2 unspecified atom stereocenters. The summed E-state index contributed by atoms with van der Waals surface area (Å²) in [6.07, 6.45) is -2.50. The Morgan fingerprint density at radius 2 is 1.62 bits per heavy atom. The highest BCUT2D eigenvalue weighted by Gasteiger charge is 2.29. The number of aromatic hydroxyl groups is 1. The molecule has 0 bridgehead atoms. The summed E-state index contributed by atoms with van der Waals surface area (Å²) in [6.45, 7) is 13.4. The molecule has 1 amide bonds. The largest absolute Gasteiger partial charge is 0.507 e. The normalized spacial score (nSPS) is 15.0. The van der Waals surface area contributed by atoms with Gasteiger partial charge >= 0.3 is 0 Å². The van der Waals surface area contributed by atoms with E-state index in [9.17, 15) is 20.1 Å². The van der Waals surface area contributed by atoms with Crippen molar-refractivity contribution in [2.45, 2.75) is 71.5 Å². The third-order valence-corrected chi connectivity index (χ3v) is 4.06. The lowest BCUT2D eigenvalue weighted by Gasteiger charge is -2.29. The Bertz CT molecular complexity index is 597. The van der Waals surface area contributed by atoms with E-state index in [1.54, 1.807) is 6.07 Å². The SMILES string of the molecule is CC(=O)NCC(O)C(O)c1cc(C(C)(C)C)cc(C(C)(C)C)c1O. The van der Waals surface area contributed by atoms with Gasteiger partial charge in [-0.25, -0.2) is 0 Å². The summed E-state index contributed by atoms with van der Waals surface area (Å²) in [5.41, 5.74) is 1.47. The first-order chi connectivity index (χ1) is 10.7. The lowest BCUT2D eigenvalue weighted by molar-refractivity contribution is -0.119. The van der Waals surface area contributed by atoms with E-state index in [2.05, 4.69) is 26.1 Å². The van der Waals surface area contributed by atoms with E-state index in [1.807, 2.05) is 26.8 Å². The zero-order valence-electron chi connectivity index (χ0n) is 15.8.